The molecule has 4 aromatic heterocycles. The van der Waals surface area contributed by atoms with Gasteiger partial charge < -0.3 is 19.9 Å². The number of hydrogen-bond donors (Lipinski definition) is 8. The first-order chi connectivity index (χ1) is 31.7. The van der Waals surface area contributed by atoms with E-state index in [2.05, 4.69) is 19.9 Å². The van der Waals surface area contributed by atoms with Crippen molar-refractivity contribution in [1.29, 1.82) is 0 Å². The van der Waals surface area contributed by atoms with Gasteiger partial charge in [0.25, 0.3) is 40.5 Å². The summed E-state index contributed by atoms with van der Waals surface area (Å²) in [6, 6.07) is 38.3. The Morgan fingerprint density at radius 2 is 0.397 bits per heavy atom. The monoisotopic (exact) mass is 996 g/mol. The lowest BCUT2D eigenvalue weighted by Gasteiger charge is -2.34. The molecule has 68 heavy (non-hydrogen) atoms. The van der Waals surface area contributed by atoms with E-state index in [1.807, 2.05) is 76.2 Å². The van der Waals surface area contributed by atoms with Gasteiger partial charge in [0.1, 0.15) is 0 Å². The molecular weight excluding hydrogens is 953 g/mol. The highest BCUT2D eigenvalue weighted by molar-refractivity contribution is 7.86. The summed E-state index contributed by atoms with van der Waals surface area (Å²) in [5.41, 5.74) is 2.81. The average molecular weight is 997 g/mol. The van der Waals surface area contributed by atoms with Gasteiger partial charge in [0.15, 0.2) is 0 Å². The molecule has 0 unspecified atom stereocenters. The van der Waals surface area contributed by atoms with Crippen molar-refractivity contribution in [2.75, 3.05) is 0 Å². The minimum absolute atomic E-state index is 0.314. The van der Waals surface area contributed by atoms with Crippen LogP contribution in [0.25, 0.3) is 0 Å². The molecule has 0 saturated heterocycles. The highest BCUT2D eigenvalue weighted by Gasteiger charge is 2.44. The van der Waals surface area contributed by atoms with Crippen molar-refractivity contribution in [2.45, 2.75) is 68.9 Å². The number of aromatic amines is 4. The van der Waals surface area contributed by atoms with Crippen LogP contribution in [0.4, 0.5) is 0 Å². The standard InChI is InChI=1S/C48H44N4O12S4/c1-45(29-5-13-33(14-6-29)65(53,54)55)37-21-23-39(49-37)46(2,30-7-15-34(16-8-30)66(56,57)58)41-25-27-43(51-41)48(4,32-11-19-36(20-12-32)68(62,63)64)44-28-26-42(52-44)47(3,40-24-22-38(45)50-40)31-9-17-35(18-10-31)67(59,60)61/h5-28,49-52H,1-4H3,(H,53,54,55)(H,56,57,58)(H,59,60,61)(H,62,63,64). The summed E-state index contributed by atoms with van der Waals surface area (Å²) < 4.78 is 137. The van der Waals surface area contributed by atoms with Crippen molar-refractivity contribution in [3.63, 3.8) is 0 Å². The van der Waals surface area contributed by atoms with E-state index in [0.29, 0.717) is 67.8 Å². The largest absolute Gasteiger partial charge is 0.360 e. The van der Waals surface area contributed by atoms with Crippen LogP contribution >= 0.6 is 0 Å². The normalized spacial score (nSPS) is 22.2. The highest BCUT2D eigenvalue weighted by Crippen LogP contribution is 2.48. The minimum atomic E-state index is -4.56. The van der Waals surface area contributed by atoms with Crippen LogP contribution in [-0.4, -0.2) is 71.8 Å². The maximum Gasteiger partial charge on any atom is 0.294 e. The molecule has 20 heteroatoms. The Hall–Kier alpha value is -6.36. The lowest BCUT2D eigenvalue weighted by atomic mass is 9.76. The Labute approximate surface area is 392 Å². The highest BCUT2D eigenvalue weighted by atomic mass is 32.2. The van der Waals surface area contributed by atoms with Gasteiger partial charge >= 0.3 is 0 Å². The molecule has 0 spiro atoms. The van der Waals surface area contributed by atoms with E-state index >= 15 is 0 Å². The van der Waals surface area contributed by atoms with Crippen molar-refractivity contribution in [3.8, 4) is 0 Å². The first-order valence-electron chi connectivity index (χ1n) is 20.8. The molecule has 1 aliphatic heterocycles. The number of rotatable bonds is 8. The van der Waals surface area contributed by atoms with Crippen molar-refractivity contribution in [2.24, 2.45) is 0 Å². The molecule has 0 amide bonds. The van der Waals surface area contributed by atoms with E-state index in [-0.39, 0.29) is 19.6 Å². The van der Waals surface area contributed by atoms with Crippen molar-refractivity contribution in [3.05, 3.63) is 213 Å². The van der Waals surface area contributed by atoms with Gasteiger partial charge in [0.2, 0.25) is 0 Å². The summed E-state index contributed by atoms with van der Waals surface area (Å²) in [4.78, 5) is 13.4. The van der Waals surface area contributed by atoms with Gasteiger partial charge in [-0.25, -0.2) is 0 Å². The lowest BCUT2D eigenvalue weighted by Crippen LogP contribution is -2.32. The second-order valence-corrected chi connectivity index (χ2v) is 23.3. The van der Waals surface area contributed by atoms with Crippen molar-refractivity contribution < 1.29 is 51.9 Å². The topological polar surface area (TPSA) is 281 Å². The van der Waals surface area contributed by atoms with Crippen LogP contribution in [0.15, 0.2) is 165 Å². The Kier molecular flexibility index (Phi) is 10.7. The van der Waals surface area contributed by atoms with E-state index < -0.39 is 62.1 Å². The van der Waals surface area contributed by atoms with Gasteiger partial charge in [0, 0.05) is 45.6 Å². The van der Waals surface area contributed by atoms with Gasteiger partial charge in [-0.1, -0.05) is 48.5 Å². The summed E-state index contributed by atoms with van der Waals surface area (Å²) in [6.45, 7) is 7.72. The second kappa shape index (κ2) is 15.6. The maximum absolute atomic E-state index is 12.2. The number of benzene rings is 4. The molecule has 8 bridgehead atoms. The molecule has 16 nitrogen and oxygen atoms in total. The van der Waals surface area contributed by atoms with Gasteiger partial charge in [-0.3, -0.25) is 18.2 Å². The third-order valence-corrected chi connectivity index (χ3v) is 17.4. The van der Waals surface area contributed by atoms with Crippen molar-refractivity contribution in [1.82, 2.24) is 19.9 Å². The van der Waals surface area contributed by atoms with Crippen LogP contribution in [-0.2, 0) is 62.1 Å². The van der Waals surface area contributed by atoms with Crippen LogP contribution < -0.4 is 0 Å². The quantitative estimate of drug-likeness (QED) is 0.0680. The molecule has 8 N–H and O–H groups in total. The third kappa shape index (κ3) is 7.47. The summed E-state index contributed by atoms with van der Waals surface area (Å²) in [7, 11) is -18.2. The van der Waals surface area contributed by atoms with E-state index in [0.717, 1.165) is 0 Å². The van der Waals surface area contributed by atoms with Crippen LogP contribution in [0.5, 0.6) is 0 Å². The SMILES string of the molecule is CC1(c2ccc(S(=O)(=O)O)cc2)c2ccc([nH]2)C(C)(c2ccc(S(=O)(=O)O)cc2)c2ccc([nH]2)C(C)(c2ccc(S(=O)(=O)O)cc2)c2ccc([nH]2)C(C)(c2ccc(S(=O)(=O)O)cc2)c2ccc1[nH]2. The average Bonchev–Trinajstić information content (AvgIpc) is 4.15. The molecule has 0 fully saturated rings. The summed E-state index contributed by atoms with van der Waals surface area (Å²) in [5, 5.41) is 0. The predicted octanol–water partition coefficient (Wildman–Crippen LogP) is 7.72. The number of H-pyrrole nitrogens is 4. The molecule has 1 aliphatic rings. The summed E-state index contributed by atoms with van der Waals surface area (Å²) in [5.74, 6) is 0. The molecule has 4 aromatic carbocycles. The fourth-order valence-electron chi connectivity index (χ4n) is 9.58. The third-order valence-electron chi connectivity index (χ3n) is 14.0. The van der Waals surface area contributed by atoms with Gasteiger partial charge in [0.05, 0.1) is 41.2 Å². The van der Waals surface area contributed by atoms with Crippen molar-refractivity contribution >= 4 is 40.5 Å². The molecular formula is C48H44N4O12S4. The van der Waals surface area contributed by atoms with E-state index in [1.54, 1.807) is 48.5 Å². The minimum Gasteiger partial charge on any atom is -0.360 e. The molecule has 5 heterocycles. The van der Waals surface area contributed by atoms with Gasteiger partial charge in [-0.15, -0.1) is 0 Å². The van der Waals surface area contributed by atoms with Crippen LogP contribution in [0, 0.1) is 0 Å². The van der Waals surface area contributed by atoms with E-state index in [1.165, 1.54) is 48.5 Å². The van der Waals surface area contributed by atoms with E-state index in [9.17, 15) is 51.9 Å². The van der Waals surface area contributed by atoms with Crippen LogP contribution in [0.3, 0.4) is 0 Å². The number of hydrogen-bond acceptors (Lipinski definition) is 8. The van der Waals surface area contributed by atoms with Gasteiger partial charge in [-0.05, 0) is 147 Å². The maximum atomic E-state index is 12.2. The molecule has 8 aromatic rings. The van der Waals surface area contributed by atoms with E-state index in [4.69, 9.17) is 0 Å². The zero-order chi connectivity index (χ0) is 49.0. The lowest BCUT2D eigenvalue weighted by molar-refractivity contribution is 0.481. The van der Waals surface area contributed by atoms with Crippen LogP contribution in [0.1, 0.15) is 95.5 Å². The number of aromatic nitrogens is 4. The zero-order valence-electron chi connectivity index (χ0n) is 36.5. The second-order valence-electron chi connectivity index (χ2n) is 17.6. The van der Waals surface area contributed by atoms with Crippen LogP contribution in [0.2, 0.25) is 0 Å². The summed E-state index contributed by atoms with van der Waals surface area (Å²) in [6.07, 6.45) is 0. The summed E-state index contributed by atoms with van der Waals surface area (Å²) >= 11 is 0. The molecule has 9 rings (SSSR count). The first-order valence-corrected chi connectivity index (χ1v) is 26.6. The molecule has 352 valence electrons. The molecule has 0 atom stereocenters. The Bertz CT molecular complexity index is 3150. The predicted molar refractivity (Wildman–Crippen MR) is 250 cm³/mol. The number of fused-ring (bicyclic) bond motifs is 8. The first kappa shape index (κ1) is 46.7. The molecule has 0 aliphatic carbocycles. The zero-order valence-corrected chi connectivity index (χ0v) is 39.8. The smallest absolute Gasteiger partial charge is 0.294 e. The fraction of sp³-hybridized carbons (Fsp3) is 0.167. The molecule has 0 saturated carbocycles. The van der Waals surface area contributed by atoms with Gasteiger partial charge in [-0.2, -0.15) is 33.7 Å². The number of nitrogens with one attached hydrogen (secondary N) is 4. The fourth-order valence-corrected chi connectivity index (χ4v) is 11.5. The Morgan fingerprint density at radius 3 is 0.515 bits per heavy atom. The Balaban J connectivity index is 1.36. The molecule has 0 radical (unpaired) electrons. The Morgan fingerprint density at radius 1 is 0.265 bits per heavy atom.